The third-order valence-corrected chi connectivity index (χ3v) is 12.7. The van der Waals surface area contributed by atoms with E-state index in [0.29, 0.717) is 0 Å². The van der Waals surface area contributed by atoms with Crippen LogP contribution in [0.4, 0.5) is 17.1 Å². The van der Waals surface area contributed by atoms with Crippen LogP contribution in [0.15, 0.2) is 180 Å². The molecule has 0 saturated heterocycles. The molecule has 11 rings (SSSR count). The molecule has 0 unspecified atom stereocenters. The smallest absolute Gasteiger partial charge is 0.143 e. The van der Waals surface area contributed by atoms with Crippen molar-refractivity contribution in [1.29, 1.82) is 0 Å². The molecule has 0 amide bonds. The van der Waals surface area contributed by atoms with Crippen LogP contribution in [0.1, 0.15) is 49.9 Å². The maximum absolute atomic E-state index is 6.39. The number of anilines is 3. The highest BCUT2D eigenvalue weighted by Gasteiger charge is 2.42. The van der Waals surface area contributed by atoms with Gasteiger partial charge in [0, 0.05) is 44.2 Å². The first-order chi connectivity index (χ1) is 27.3. The van der Waals surface area contributed by atoms with E-state index in [1.54, 1.807) is 0 Å². The summed E-state index contributed by atoms with van der Waals surface area (Å²) < 4.78 is 6.39. The van der Waals surface area contributed by atoms with Crippen LogP contribution in [0, 0.1) is 0 Å². The van der Waals surface area contributed by atoms with E-state index in [1.807, 2.05) is 12.1 Å². The summed E-state index contributed by atoms with van der Waals surface area (Å²) in [6.07, 6.45) is 0. The molecule has 1 aromatic heterocycles. The fourth-order valence-corrected chi connectivity index (χ4v) is 9.80. The van der Waals surface area contributed by atoms with Crippen LogP contribution in [-0.2, 0) is 10.8 Å². The van der Waals surface area contributed by atoms with Crippen LogP contribution in [0.2, 0.25) is 0 Å². The van der Waals surface area contributed by atoms with Gasteiger partial charge < -0.3 is 9.32 Å². The standard InChI is InChI=1S/C54H41NO/c1-53(2)46-21-10-8-16-41(46)44-32-49-45(33-48(44)53)51-39(18-13-22-47(51)54(49,3)4)34-24-28-37(29-25-34)55(36-14-6-5-7-15-36)38-30-26-35(27-31-38)40-19-12-20-43-42-17-9-11-23-50(42)56-52(40)43/h5-33H,1-4H3. The summed E-state index contributed by atoms with van der Waals surface area (Å²) in [5, 5.41) is 2.29. The van der Waals surface area contributed by atoms with Gasteiger partial charge in [-0.2, -0.15) is 0 Å². The van der Waals surface area contributed by atoms with Crippen molar-refractivity contribution < 1.29 is 4.42 Å². The van der Waals surface area contributed by atoms with Crippen LogP contribution < -0.4 is 4.90 Å². The average Bonchev–Trinajstić information content (AvgIpc) is 3.81. The van der Waals surface area contributed by atoms with E-state index in [1.165, 1.54) is 55.6 Å². The van der Waals surface area contributed by atoms with Gasteiger partial charge in [0.15, 0.2) is 0 Å². The number of para-hydroxylation sites is 3. The van der Waals surface area contributed by atoms with Crippen molar-refractivity contribution in [2.45, 2.75) is 38.5 Å². The van der Waals surface area contributed by atoms with Crippen molar-refractivity contribution in [1.82, 2.24) is 0 Å². The highest BCUT2D eigenvalue weighted by molar-refractivity contribution is 6.09. The molecule has 0 saturated carbocycles. The molecule has 56 heavy (non-hydrogen) atoms. The highest BCUT2D eigenvalue weighted by Crippen LogP contribution is 2.57. The molecule has 2 heteroatoms. The van der Waals surface area contributed by atoms with Gasteiger partial charge in [-0.15, -0.1) is 0 Å². The quantitative estimate of drug-likeness (QED) is 0.176. The van der Waals surface area contributed by atoms with Crippen molar-refractivity contribution >= 4 is 39.0 Å². The number of hydrogen-bond donors (Lipinski definition) is 0. The summed E-state index contributed by atoms with van der Waals surface area (Å²) in [4.78, 5) is 2.34. The van der Waals surface area contributed by atoms with E-state index < -0.39 is 0 Å². The zero-order valence-corrected chi connectivity index (χ0v) is 32.1. The van der Waals surface area contributed by atoms with Crippen molar-refractivity contribution in [3.8, 4) is 44.5 Å². The number of benzene rings is 8. The fourth-order valence-electron chi connectivity index (χ4n) is 9.80. The second-order valence-corrected chi connectivity index (χ2v) is 16.5. The zero-order valence-electron chi connectivity index (χ0n) is 32.1. The van der Waals surface area contributed by atoms with Crippen molar-refractivity contribution in [2.24, 2.45) is 0 Å². The lowest BCUT2D eigenvalue weighted by molar-refractivity contribution is 0.652. The molecule has 2 aliphatic rings. The topological polar surface area (TPSA) is 16.4 Å². The number of nitrogens with zero attached hydrogens (tertiary/aromatic N) is 1. The minimum Gasteiger partial charge on any atom is -0.455 e. The minimum atomic E-state index is -0.108. The molecular formula is C54H41NO. The second-order valence-electron chi connectivity index (χ2n) is 16.5. The number of furan rings is 1. The fraction of sp³-hybridized carbons (Fsp3) is 0.111. The maximum Gasteiger partial charge on any atom is 0.143 e. The molecule has 9 aromatic rings. The van der Waals surface area contributed by atoms with Crippen LogP contribution in [0.25, 0.3) is 66.4 Å². The van der Waals surface area contributed by atoms with Crippen LogP contribution >= 0.6 is 0 Å². The Hall–Kier alpha value is -6.64. The number of hydrogen-bond acceptors (Lipinski definition) is 2. The molecule has 2 nitrogen and oxygen atoms in total. The molecule has 8 aromatic carbocycles. The third kappa shape index (κ3) is 4.69. The van der Waals surface area contributed by atoms with E-state index in [2.05, 4.69) is 196 Å². The van der Waals surface area contributed by atoms with E-state index in [4.69, 9.17) is 4.42 Å². The SMILES string of the molecule is CC1(C)c2ccccc2-c2cc3c(cc21)-c1c(-c2ccc(N(c4ccccc4)c4ccc(-c5cccc6c5oc5ccccc56)cc4)cc2)cccc1C3(C)C. The van der Waals surface area contributed by atoms with E-state index in [0.717, 1.165) is 50.1 Å². The zero-order chi connectivity index (χ0) is 37.8. The van der Waals surface area contributed by atoms with Gasteiger partial charge in [-0.1, -0.05) is 149 Å². The van der Waals surface area contributed by atoms with Gasteiger partial charge in [-0.3, -0.25) is 0 Å². The summed E-state index contributed by atoms with van der Waals surface area (Å²) in [5.41, 5.74) is 20.9. The van der Waals surface area contributed by atoms with E-state index >= 15 is 0 Å². The van der Waals surface area contributed by atoms with Gasteiger partial charge in [-0.05, 0) is 116 Å². The van der Waals surface area contributed by atoms with Crippen molar-refractivity contribution in [3.63, 3.8) is 0 Å². The predicted octanol–water partition coefficient (Wildman–Crippen LogP) is 15.0. The summed E-state index contributed by atoms with van der Waals surface area (Å²) in [6, 6.07) is 64.2. The second kappa shape index (κ2) is 11.9. The Morgan fingerprint density at radius 1 is 0.375 bits per heavy atom. The Kier molecular flexibility index (Phi) is 6.98. The molecule has 1 heterocycles. The first kappa shape index (κ1) is 32.8. The first-order valence-corrected chi connectivity index (χ1v) is 19.7. The van der Waals surface area contributed by atoms with Gasteiger partial charge in [0.2, 0.25) is 0 Å². The molecule has 268 valence electrons. The van der Waals surface area contributed by atoms with Gasteiger partial charge in [0.1, 0.15) is 11.2 Å². The first-order valence-electron chi connectivity index (χ1n) is 19.7. The van der Waals surface area contributed by atoms with Gasteiger partial charge in [0.05, 0.1) is 0 Å². The average molecular weight is 720 g/mol. The Balaban J connectivity index is 0.985. The van der Waals surface area contributed by atoms with Crippen LogP contribution in [0.3, 0.4) is 0 Å². The highest BCUT2D eigenvalue weighted by atomic mass is 16.3. The van der Waals surface area contributed by atoms with Gasteiger partial charge in [-0.25, -0.2) is 0 Å². The van der Waals surface area contributed by atoms with Crippen molar-refractivity contribution in [3.05, 3.63) is 198 Å². The Labute approximate surface area is 328 Å². The maximum atomic E-state index is 6.39. The normalized spacial score (nSPS) is 14.4. The monoisotopic (exact) mass is 719 g/mol. The summed E-state index contributed by atoms with van der Waals surface area (Å²) in [7, 11) is 0. The lowest BCUT2D eigenvalue weighted by atomic mass is 9.79. The minimum absolute atomic E-state index is 0.0513. The molecule has 0 atom stereocenters. The van der Waals surface area contributed by atoms with E-state index in [9.17, 15) is 0 Å². The predicted molar refractivity (Wildman–Crippen MR) is 234 cm³/mol. The molecule has 0 aliphatic heterocycles. The van der Waals surface area contributed by atoms with Crippen LogP contribution in [-0.4, -0.2) is 0 Å². The summed E-state index contributed by atoms with van der Waals surface area (Å²) in [5.74, 6) is 0. The third-order valence-electron chi connectivity index (χ3n) is 12.7. The number of rotatable bonds is 5. The largest absolute Gasteiger partial charge is 0.455 e. The lowest BCUT2D eigenvalue weighted by Gasteiger charge is -2.26. The Morgan fingerprint density at radius 3 is 1.66 bits per heavy atom. The van der Waals surface area contributed by atoms with Crippen LogP contribution in [0.5, 0.6) is 0 Å². The van der Waals surface area contributed by atoms with Gasteiger partial charge >= 0.3 is 0 Å². The molecule has 2 aliphatic carbocycles. The molecule has 0 N–H and O–H groups in total. The summed E-state index contributed by atoms with van der Waals surface area (Å²) >= 11 is 0. The molecule has 0 radical (unpaired) electrons. The summed E-state index contributed by atoms with van der Waals surface area (Å²) in [6.45, 7) is 9.54. The Bertz CT molecular complexity index is 3000. The molecule has 0 bridgehead atoms. The molecule has 0 fully saturated rings. The molecular weight excluding hydrogens is 679 g/mol. The number of fused-ring (bicyclic) bond motifs is 9. The molecule has 0 spiro atoms. The van der Waals surface area contributed by atoms with Gasteiger partial charge in [0.25, 0.3) is 0 Å². The lowest BCUT2D eigenvalue weighted by Crippen LogP contribution is -2.16. The van der Waals surface area contributed by atoms with E-state index in [-0.39, 0.29) is 10.8 Å². The van der Waals surface area contributed by atoms with Crippen molar-refractivity contribution in [2.75, 3.05) is 4.90 Å². The Morgan fingerprint density at radius 2 is 0.893 bits per heavy atom.